The summed E-state index contributed by atoms with van der Waals surface area (Å²) in [6.07, 6.45) is -15.6. The molecule has 19 N–H and O–H groups in total. The van der Waals surface area contributed by atoms with Gasteiger partial charge in [0.05, 0.1) is 62.3 Å². The number of hydrogen-bond acceptors (Lipinski definition) is 18. The second-order valence-electron chi connectivity index (χ2n) is 11.5. The fourth-order valence-corrected chi connectivity index (χ4v) is 5.88. The third-order valence-corrected chi connectivity index (χ3v) is 8.41. The van der Waals surface area contributed by atoms with Crippen molar-refractivity contribution in [1.29, 1.82) is 0 Å². The maximum atomic E-state index is 12.7. The van der Waals surface area contributed by atoms with Crippen molar-refractivity contribution in [2.24, 2.45) is 28.9 Å². The number of nitrogens with two attached hydrogens (primary N) is 4. The number of urea groups is 1. The van der Waals surface area contributed by atoms with Crippen LogP contribution in [0.5, 0.6) is 0 Å². The molecule has 20 heteroatoms. The van der Waals surface area contributed by atoms with Gasteiger partial charge in [0.2, 0.25) is 0 Å². The van der Waals surface area contributed by atoms with Gasteiger partial charge in [0.25, 0.3) is 0 Å². The van der Waals surface area contributed by atoms with Crippen LogP contribution in [0.15, 0.2) is 0 Å². The topological polar surface area (TPSA) is 358 Å². The highest BCUT2D eigenvalue weighted by Crippen LogP contribution is 2.37. The van der Waals surface area contributed by atoms with Gasteiger partial charge in [-0.25, -0.2) is 9.86 Å². The van der Waals surface area contributed by atoms with E-state index in [-0.39, 0.29) is 32.6 Å². The predicted molar refractivity (Wildman–Crippen MR) is 147 cm³/mol. The highest BCUT2D eigenvalue weighted by molar-refractivity contribution is 5.73. The Hall–Kier alpha value is -1.41. The van der Waals surface area contributed by atoms with Gasteiger partial charge < -0.3 is 88.6 Å². The molecule has 2 saturated heterocycles. The Morgan fingerprint density at radius 2 is 1.64 bits per heavy atom. The molecule has 258 valence electrons. The molecule has 0 aromatic heterocycles. The number of nitrogens with one attached hydrogen (secondary N) is 2. The van der Waals surface area contributed by atoms with Gasteiger partial charge in [-0.1, -0.05) is 0 Å². The van der Waals surface area contributed by atoms with Gasteiger partial charge in [-0.05, 0) is 6.42 Å². The molecule has 0 bridgehead atoms. The van der Waals surface area contributed by atoms with E-state index >= 15 is 0 Å². The molecule has 0 spiro atoms. The molecule has 0 aromatic rings. The van der Waals surface area contributed by atoms with Crippen molar-refractivity contribution in [2.75, 3.05) is 39.4 Å². The number of carbonyl (C=O) groups is 1. The molecule has 16 atom stereocenters. The van der Waals surface area contributed by atoms with E-state index in [2.05, 4.69) is 10.6 Å². The Kier molecular flexibility index (Phi) is 13.8. The summed E-state index contributed by atoms with van der Waals surface area (Å²) < 4.78 is 17.5. The standard InChI is InChI=1S/C24H49N7O13/c25-1-2-31(41)24(40)30-10-3-9(26)13(18(37)21(10)44-23-20(39)14(27)16(35)12(7-33)43-23)22-15(28)19(38)17(36)11(42-22)5-29-4-8(34)6-32/h8-23,29,32-39,41H,1-7,25-28H2,(H,30,40)/t8?,9-,10+,11+,12+,13?,14-,15+,16+,17+,18-,19+,20+,21-,22+,23+/m0/s1. The normalized spacial score (nSPS) is 43.8. The molecule has 2 aliphatic heterocycles. The highest BCUT2D eigenvalue weighted by Gasteiger charge is 2.55. The second-order valence-corrected chi connectivity index (χ2v) is 11.5. The fraction of sp³-hybridized carbons (Fsp3) is 0.958. The molecule has 3 aliphatic rings. The lowest BCUT2D eigenvalue weighted by Gasteiger charge is -2.52. The quantitative estimate of drug-likeness (QED) is 0.0693. The molecule has 0 radical (unpaired) electrons. The van der Waals surface area contributed by atoms with Crippen LogP contribution in [0.4, 0.5) is 4.79 Å². The summed E-state index contributed by atoms with van der Waals surface area (Å²) >= 11 is 0. The molecular formula is C24H49N7O13. The molecule has 44 heavy (non-hydrogen) atoms. The van der Waals surface area contributed by atoms with Crippen molar-refractivity contribution in [3.05, 3.63) is 0 Å². The monoisotopic (exact) mass is 643 g/mol. The SMILES string of the molecule is NCCN(O)C(=O)N[C@@H]1C[C@H](N)C([C@H]2O[C@H](CNCC(O)CO)[C@@H](O)[C@H](O)[C@H]2N)[C@H](O)[C@H]1O[C@H]1O[C@H](CO)[C@@H](O)[C@H](N)[C@H]1O. The van der Waals surface area contributed by atoms with Gasteiger partial charge in [-0.15, -0.1) is 0 Å². The summed E-state index contributed by atoms with van der Waals surface area (Å²) in [4.78, 5) is 12.7. The average Bonchev–Trinajstić information content (AvgIpc) is 2.99. The van der Waals surface area contributed by atoms with E-state index in [1.54, 1.807) is 0 Å². The van der Waals surface area contributed by atoms with Gasteiger partial charge in [0.1, 0.15) is 36.6 Å². The summed E-state index contributed by atoms with van der Waals surface area (Å²) in [6.45, 7) is -1.64. The maximum Gasteiger partial charge on any atom is 0.341 e. The molecular weight excluding hydrogens is 594 g/mol. The van der Waals surface area contributed by atoms with Gasteiger partial charge in [0.15, 0.2) is 6.29 Å². The first-order valence-corrected chi connectivity index (χ1v) is 14.5. The maximum absolute atomic E-state index is 12.7. The number of hydrogen-bond donors (Lipinski definition) is 15. The van der Waals surface area contributed by atoms with E-state index in [1.807, 2.05) is 0 Å². The summed E-state index contributed by atoms with van der Waals surface area (Å²) in [5.41, 5.74) is 24.0. The molecule has 2 unspecified atom stereocenters. The third kappa shape index (κ3) is 8.29. The minimum atomic E-state index is -1.65. The Balaban J connectivity index is 1.88. The number of hydroxylamine groups is 2. The van der Waals surface area contributed by atoms with Crippen molar-refractivity contribution in [3.8, 4) is 0 Å². The van der Waals surface area contributed by atoms with Gasteiger partial charge in [-0.2, -0.15) is 0 Å². The van der Waals surface area contributed by atoms with E-state index < -0.39 is 117 Å². The molecule has 2 heterocycles. The highest BCUT2D eigenvalue weighted by atomic mass is 16.7. The summed E-state index contributed by atoms with van der Waals surface area (Å²) in [5, 5.41) is 97.8. The third-order valence-electron chi connectivity index (χ3n) is 8.41. The molecule has 3 rings (SSSR count). The van der Waals surface area contributed by atoms with Crippen molar-refractivity contribution in [1.82, 2.24) is 15.7 Å². The molecule has 1 saturated carbocycles. The molecule has 3 fully saturated rings. The van der Waals surface area contributed by atoms with E-state index in [0.717, 1.165) is 0 Å². The van der Waals surface area contributed by atoms with Crippen molar-refractivity contribution < 1.29 is 65.1 Å². The molecule has 20 nitrogen and oxygen atoms in total. The lowest BCUT2D eigenvalue weighted by Crippen LogP contribution is -2.72. The Morgan fingerprint density at radius 3 is 2.25 bits per heavy atom. The number of aliphatic hydroxyl groups is 8. The lowest BCUT2D eigenvalue weighted by molar-refractivity contribution is -0.307. The minimum absolute atomic E-state index is 0.0554. The first-order valence-electron chi connectivity index (χ1n) is 14.5. The summed E-state index contributed by atoms with van der Waals surface area (Å²) in [5.74, 6) is -1.11. The van der Waals surface area contributed by atoms with Crippen LogP contribution in [0.2, 0.25) is 0 Å². The average molecular weight is 644 g/mol. The molecule has 2 amide bonds. The number of amides is 2. The zero-order chi connectivity index (χ0) is 32.9. The number of nitrogens with zero attached hydrogens (tertiary/aromatic N) is 1. The van der Waals surface area contributed by atoms with Crippen molar-refractivity contribution in [2.45, 2.75) is 97.9 Å². The largest absolute Gasteiger partial charge is 0.394 e. The van der Waals surface area contributed by atoms with Crippen LogP contribution < -0.4 is 33.6 Å². The number of carbonyl (C=O) groups excluding carboxylic acids is 1. The van der Waals surface area contributed by atoms with Crippen LogP contribution in [0.1, 0.15) is 6.42 Å². The van der Waals surface area contributed by atoms with Crippen LogP contribution in [0.25, 0.3) is 0 Å². The fourth-order valence-electron chi connectivity index (χ4n) is 5.88. The second kappa shape index (κ2) is 16.4. The number of ether oxygens (including phenoxy) is 3. The van der Waals surface area contributed by atoms with Gasteiger partial charge in [0, 0.05) is 31.6 Å². The Morgan fingerprint density at radius 1 is 0.955 bits per heavy atom. The van der Waals surface area contributed by atoms with Gasteiger partial charge >= 0.3 is 6.03 Å². The van der Waals surface area contributed by atoms with Crippen LogP contribution in [-0.4, -0.2) is 188 Å². The molecule has 0 aromatic carbocycles. The lowest BCUT2D eigenvalue weighted by atomic mass is 9.71. The van der Waals surface area contributed by atoms with Gasteiger partial charge in [-0.3, -0.25) is 5.21 Å². The minimum Gasteiger partial charge on any atom is -0.394 e. The summed E-state index contributed by atoms with van der Waals surface area (Å²) in [6, 6.07) is -5.70. The number of aliphatic hydroxyl groups excluding tert-OH is 8. The first-order chi connectivity index (χ1) is 20.8. The Labute approximate surface area is 253 Å². The van der Waals surface area contributed by atoms with Crippen LogP contribution in [0, 0.1) is 5.92 Å². The van der Waals surface area contributed by atoms with Crippen LogP contribution in [0.3, 0.4) is 0 Å². The number of rotatable bonds is 12. The van der Waals surface area contributed by atoms with Crippen LogP contribution in [-0.2, 0) is 14.2 Å². The smallest absolute Gasteiger partial charge is 0.341 e. The zero-order valence-corrected chi connectivity index (χ0v) is 24.1. The van der Waals surface area contributed by atoms with E-state index in [4.69, 9.17) is 42.3 Å². The predicted octanol–water partition coefficient (Wildman–Crippen LogP) is -8.67. The van der Waals surface area contributed by atoms with Crippen molar-refractivity contribution >= 4 is 6.03 Å². The van der Waals surface area contributed by atoms with Crippen LogP contribution >= 0.6 is 0 Å². The van der Waals surface area contributed by atoms with E-state index in [1.165, 1.54) is 0 Å². The Bertz CT molecular complexity index is 899. The summed E-state index contributed by atoms with van der Waals surface area (Å²) in [7, 11) is 0. The first kappa shape index (κ1) is 37.1. The zero-order valence-electron chi connectivity index (χ0n) is 24.1. The van der Waals surface area contributed by atoms with E-state index in [0.29, 0.717) is 5.06 Å². The molecule has 1 aliphatic carbocycles. The van der Waals surface area contributed by atoms with E-state index in [9.17, 15) is 45.7 Å². The van der Waals surface area contributed by atoms with Crippen molar-refractivity contribution in [3.63, 3.8) is 0 Å².